The molecule has 0 amide bonds. The van der Waals surface area contributed by atoms with Crippen LogP contribution in [-0.2, 0) is 5.41 Å². The van der Waals surface area contributed by atoms with E-state index in [1.165, 1.54) is 70.8 Å². The molecule has 2 aliphatic rings. The Morgan fingerprint density at radius 2 is 0.810 bits per heavy atom. The first-order valence-electron chi connectivity index (χ1n) is 19.9. The molecule has 10 aromatic rings. The molecular formula is C55H35N2P. The zero-order valence-corrected chi connectivity index (χ0v) is 32.4. The summed E-state index contributed by atoms with van der Waals surface area (Å²) >= 11 is 0. The SMILES string of the molecule is c1ccc(-c2nc(-c3ccc(P(c4ccc5ccccc5c4)c4ccc5ccccc5c4)cc3)nc3c2-c2ccccc2C32c3ccccc3-c3ccccc32)cc1. The van der Waals surface area contributed by atoms with E-state index >= 15 is 0 Å². The molecule has 0 N–H and O–H groups in total. The van der Waals surface area contributed by atoms with Gasteiger partial charge in [0.25, 0.3) is 0 Å². The lowest BCUT2D eigenvalue weighted by molar-refractivity contribution is 0.758. The van der Waals surface area contributed by atoms with E-state index in [9.17, 15) is 0 Å². The molecule has 0 radical (unpaired) electrons. The van der Waals surface area contributed by atoms with Gasteiger partial charge in [0.1, 0.15) is 0 Å². The zero-order chi connectivity index (χ0) is 38.2. The molecule has 12 rings (SSSR count). The second kappa shape index (κ2) is 13.0. The maximum Gasteiger partial charge on any atom is 0.160 e. The summed E-state index contributed by atoms with van der Waals surface area (Å²) < 4.78 is 0. The normalized spacial score (nSPS) is 13.1. The molecule has 0 saturated carbocycles. The van der Waals surface area contributed by atoms with Crippen molar-refractivity contribution in [3.05, 3.63) is 235 Å². The Hall–Kier alpha value is -6.99. The van der Waals surface area contributed by atoms with Crippen molar-refractivity contribution in [1.82, 2.24) is 9.97 Å². The lowest BCUT2D eigenvalue weighted by Crippen LogP contribution is -2.27. The molecule has 1 spiro atoms. The summed E-state index contributed by atoms with van der Waals surface area (Å²) in [5, 5.41) is 8.97. The van der Waals surface area contributed by atoms with Crippen LogP contribution in [0.25, 0.3) is 66.4 Å². The third kappa shape index (κ3) is 4.89. The molecule has 0 fully saturated rings. The van der Waals surface area contributed by atoms with Crippen LogP contribution in [0.2, 0.25) is 0 Å². The van der Waals surface area contributed by atoms with Crippen LogP contribution >= 0.6 is 7.92 Å². The molecule has 0 bridgehead atoms. The number of nitrogens with zero attached hydrogens (tertiary/aromatic N) is 2. The molecular weight excluding hydrogens is 720 g/mol. The van der Waals surface area contributed by atoms with Gasteiger partial charge in [0, 0.05) is 16.7 Å². The van der Waals surface area contributed by atoms with Gasteiger partial charge in [-0.1, -0.05) is 200 Å². The van der Waals surface area contributed by atoms with Gasteiger partial charge in [-0.05, 0) is 90.9 Å². The minimum Gasteiger partial charge on any atom is -0.231 e. The van der Waals surface area contributed by atoms with Crippen molar-refractivity contribution in [3.63, 3.8) is 0 Å². The highest BCUT2D eigenvalue weighted by Gasteiger charge is 2.53. The highest BCUT2D eigenvalue weighted by Crippen LogP contribution is 2.63. The van der Waals surface area contributed by atoms with E-state index < -0.39 is 13.3 Å². The Kier molecular flexibility index (Phi) is 7.45. The van der Waals surface area contributed by atoms with Gasteiger partial charge in [-0.2, -0.15) is 0 Å². The van der Waals surface area contributed by atoms with E-state index in [0.29, 0.717) is 0 Å². The molecule has 2 aliphatic carbocycles. The number of rotatable bonds is 5. The fourth-order valence-corrected chi connectivity index (χ4v) is 12.0. The van der Waals surface area contributed by atoms with Crippen molar-refractivity contribution in [1.29, 1.82) is 0 Å². The Morgan fingerprint density at radius 3 is 1.40 bits per heavy atom. The van der Waals surface area contributed by atoms with Crippen LogP contribution in [-0.4, -0.2) is 9.97 Å². The van der Waals surface area contributed by atoms with E-state index in [-0.39, 0.29) is 0 Å². The highest BCUT2D eigenvalue weighted by atomic mass is 31.1. The maximum atomic E-state index is 5.71. The molecule has 1 heterocycles. The summed E-state index contributed by atoms with van der Waals surface area (Å²) in [7, 11) is -0.863. The van der Waals surface area contributed by atoms with Crippen molar-refractivity contribution in [3.8, 4) is 44.9 Å². The smallest absolute Gasteiger partial charge is 0.160 e. The summed E-state index contributed by atoms with van der Waals surface area (Å²) in [5.41, 5.74) is 12.2. The van der Waals surface area contributed by atoms with Crippen LogP contribution in [0.3, 0.4) is 0 Å². The average molecular weight is 755 g/mol. The number of benzene rings is 9. The fourth-order valence-electron chi connectivity index (χ4n) is 9.70. The molecule has 0 unspecified atom stereocenters. The third-order valence-electron chi connectivity index (χ3n) is 12.2. The van der Waals surface area contributed by atoms with E-state index in [2.05, 4.69) is 212 Å². The Labute approximate surface area is 338 Å². The summed E-state index contributed by atoms with van der Waals surface area (Å²) in [5.74, 6) is 0.735. The van der Waals surface area contributed by atoms with Gasteiger partial charge in [-0.3, -0.25) is 0 Å². The molecule has 270 valence electrons. The molecule has 3 heteroatoms. The van der Waals surface area contributed by atoms with Gasteiger partial charge in [0.05, 0.1) is 16.8 Å². The second-order valence-electron chi connectivity index (χ2n) is 15.3. The van der Waals surface area contributed by atoms with Crippen molar-refractivity contribution in [2.45, 2.75) is 5.41 Å². The standard InChI is InChI=1S/C55H35N2P/c1-2-16-38(17-3-1)52-51-47-22-10-13-25-50(47)55(48-23-11-8-20-45(48)46-21-9-12-24-49(46)55)53(51)57-54(56-52)39-28-30-42(31-29-39)58(43-32-26-36-14-4-6-18-40(36)34-43)44-33-27-37-15-5-7-19-41(37)35-44/h1-35H. The van der Waals surface area contributed by atoms with Crippen molar-refractivity contribution >= 4 is 45.4 Å². The van der Waals surface area contributed by atoms with Gasteiger partial charge in [-0.25, -0.2) is 9.97 Å². The fraction of sp³-hybridized carbons (Fsp3) is 0.0182. The van der Waals surface area contributed by atoms with Crippen LogP contribution in [0.1, 0.15) is 22.4 Å². The lowest BCUT2D eigenvalue weighted by atomic mass is 9.72. The Morgan fingerprint density at radius 1 is 0.345 bits per heavy atom. The number of fused-ring (bicyclic) bond motifs is 12. The maximum absolute atomic E-state index is 5.71. The molecule has 58 heavy (non-hydrogen) atoms. The number of aromatic nitrogens is 2. The first-order valence-corrected chi connectivity index (χ1v) is 21.3. The number of hydrogen-bond donors (Lipinski definition) is 0. The summed E-state index contributed by atoms with van der Waals surface area (Å²) in [6, 6.07) is 77.7. The molecule has 0 saturated heterocycles. The van der Waals surface area contributed by atoms with Crippen molar-refractivity contribution in [2.75, 3.05) is 0 Å². The average Bonchev–Trinajstić information content (AvgIpc) is 3.77. The second-order valence-corrected chi connectivity index (χ2v) is 17.5. The molecule has 9 aromatic carbocycles. The number of hydrogen-bond acceptors (Lipinski definition) is 2. The molecule has 1 aromatic heterocycles. The van der Waals surface area contributed by atoms with Gasteiger partial charge in [0.2, 0.25) is 0 Å². The molecule has 0 aliphatic heterocycles. The van der Waals surface area contributed by atoms with Crippen molar-refractivity contribution < 1.29 is 0 Å². The Bertz CT molecular complexity index is 3120. The molecule has 2 nitrogen and oxygen atoms in total. The van der Waals surface area contributed by atoms with Crippen LogP contribution in [0, 0.1) is 0 Å². The molecule has 0 atom stereocenters. The lowest BCUT2D eigenvalue weighted by Gasteiger charge is -2.29. The first kappa shape index (κ1) is 33.2. The third-order valence-corrected chi connectivity index (χ3v) is 14.6. The predicted octanol–water partition coefficient (Wildman–Crippen LogP) is 12.2. The van der Waals surface area contributed by atoms with E-state index in [1.807, 2.05) is 0 Å². The topological polar surface area (TPSA) is 25.8 Å². The largest absolute Gasteiger partial charge is 0.231 e. The quantitative estimate of drug-likeness (QED) is 0.164. The van der Waals surface area contributed by atoms with E-state index in [4.69, 9.17) is 9.97 Å². The summed E-state index contributed by atoms with van der Waals surface area (Å²) in [6.45, 7) is 0. The van der Waals surface area contributed by atoms with Crippen LogP contribution in [0.5, 0.6) is 0 Å². The van der Waals surface area contributed by atoms with Crippen LogP contribution < -0.4 is 15.9 Å². The van der Waals surface area contributed by atoms with Gasteiger partial charge in [-0.15, -0.1) is 0 Å². The highest BCUT2D eigenvalue weighted by molar-refractivity contribution is 7.79. The van der Waals surface area contributed by atoms with Crippen LogP contribution in [0.15, 0.2) is 212 Å². The van der Waals surface area contributed by atoms with Gasteiger partial charge < -0.3 is 0 Å². The Balaban J connectivity index is 1.07. The van der Waals surface area contributed by atoms with E-state index in [1.54, 1.807) is 0 Å². The predicted molar refractivity (Wildman–Crippen MR) is 243 cm³/mol. The van der Waals surface area contributed by atoms with Crippen LogP contribution in [0.4, 0.5) is 0 Å². The zero-order valence-electron chi connectivity index (χ0n) is 31.5. The van der Waals surface area contributed by atoms with Gasteiger partial charge in [0.15, 0.2) is 5.82 Å². The monoisotopic (exact) mass is 754 g/mol. The first-order chi connectivity index (χ1) is 28.8. The minimum atomic E-state index is -0.863. The van der Waals surface area contributed by atoms with Crippen molar-refractivity contribution in [2.24, 2.45) is 0 Å². The van der Waals surface area contributed by atoms with E-state index in [0.717, 1.165) is 33.9 Å². The van der Waals surface area contributed by atoms with Gasteiger partial charge >= 0.3 is 0 Å². The summed E-state index contributed by atoms with van der Waals surface area (Å²) in [6.07, 6.45) is 0. The summed E-state index contributed by atoms with van der Waals surface area (Å²) in [4.78, 5) is 11.2. The minimum absolute atomic E-state index is 0.569.